The number of carbonyl (C=O) groups is 1. The summed E-state index contributed by atoms with van der Waals surface area (Å²) < 4.78 is 7.61. The van der Waals surface area contributed by atoms with Crippen LogP contribution in [0.1, 0.15) is 49.1 Å². The van der Waals surface area contributed by atoms with E-state index in [0.717, 1.165) is 30.8 Å². The van der Waals surface area contributed by atoms with Crippen LogP contribution in [0.5, 0.6) is 0 Å². The molecule has 6 nitrogen and oxygen atoms in total. The van der Waals surface area contributed by atoms with E-state index in [1.807, 2.05) is 25.3 Å². The normalized spacial score (nSPS) is 17.0. The van der Waals surface area contributed by atoms with Crippen LogP contribution in [-0.2, 0) is 19.4 Å². The predicted molar refractivity (Wildman–Crippen MR) is 91.9 cm³/mol. The fraction of sp³-hybridized carbons (Fsp3) is 0.556. The topological polar surface area (TPSA) is 63.3 Å². The Morgan fingerprint density at radius 2 is 2.29 bits per heavy atom. The van der Waals surface area contributed by atoms with Gasteiger partial charge in [0.1, 0.15) is 11.5 Å². The molecule has 0 bridgehead atoms. The highest BCUT2D eigenvalue weighted by Crippen LogP contribution is 2.23. The lowest BCUT2D eigenvalue weighted by atomic mass is 9.93. The molecule has 2 heterocycles. The number of aromatic nitrogens is 2. The van der Waals surface area contributed by atoms with Gasteiger partial charge in [-0.3, -0.25) is 4.68 Å². The molecule has 1 atom stereocenters. The number of carbonyl (C=O) groups excluding carboxylic acids is 1. The third kappa shape index (κ3) is 3.47. The Kier molecular flexibility index (Phi) is 4.64. The minimum absolute atomic E-state index is 0.0619. The smallest absolute Gasteiger partial charge is 0.317 e. The summed E-state index contributed by atoms with van der Waals surface area (Å²) in [6.45, 7) is 6.64. The van der Waals surface area contributed by atoms with Crippen LogP contribution in [-0.4, -0.2) is 33.8 Å². The first-order chi connectivity index (χ1) is 11.4. The molecular formula is C18H26N4O2. The lowest BCUT2D eigenvalue weighted by Crippen LogP contribution is -2.45. The Labute approximate surface area is 142 Å². The minimum Gasteiger partial charge on any atom is -0.464 e. The molecule has 0 saturated carbocycles. The van der Waals surface area contributed by atoms with Crippen LogP contribution in [0.25, 0.3) is 0 Å². The Hall–Kier alpha value is -2.24. The van der Waals surface area contributed by atoms with E-state index in [2.05, 4.69) is 28.9 Å². The summed E-state index contributed by atoms with van der Waals surface area (Å²) in [5.41, 5.74) is 2.57. The monoisotopic (exact) mass is 330 g/mol. The van der Waals surface area contributed by atoms with Gasteiger partial charge in [0.2, 0.25) is 0 Å². The summed E-state index contributed by atoms with van der Waals surface area (Å²) in [7, 11) is 1.79. The van der Waals surface area contributed by atoms with E-state index >= 15 is 0 Å². The number of rotatable bonds is 4. The van der Waals surface area contributed by atoms with Crippen molar-refractivity contribution in [3.8, 4) is 0 Å². The van der Waals surface area contributed by atoms with Crippen molar-refractivity contribution in [1.82, 2.24) is 20.0 Å². The Morgan fingerprint density at radius 1 is 1.50 bits per heavy atom. The van der Waals surface area contributed by atoms with Gasteiger partial charge in [0.15, 0.2) is 0 Å². The molecule has 24 heavy (non-hydrogen) atoms. The third-order valence-electron chi connectivity index (χ3n) is 4.54. The summed E-state index contributed by atoms with van der Waals surface area (Å²) in [6, 6.07) is 4.26. The zero-order valence-corrected chi connectivity index (χ0v) is 14.9. The maximum absolute atomic E-state index is 12.4. The first-order valence-corrected chi connectivity index (χ1v) is 8.56. The number of aryl methyl sites for hydroxylation is 2. The Balaban J connectivity index is 1.59. The van der Waals surface area contributed by atoms with Crippen molar-refractivity contribution in [3.05, 3.63) is 41.1 Å². The van der Waals surface area contributed by atoms with Crippen LogP contribution in [0.15, 0.2) is 22.7 Å². The third-order valence-corrected chi connectivity index (χ3v) is 4.54. The number of nitrogens with one attached hydrogen (secondary N) is 1. The molecule has 2 aromatic heterocycles. The lowest BCUT2D eigenvalue weighted by molar-refractivity contribution is 0.197. The summed E-state index contributed by atoms with van der Waals surface area (Å²) in [5.74, 6) is 1.66. The lowest BCUT2D eigenvalue weighted by Gasteiger charge is -2.27. The molecule has 0 radical (unpaired) electrons. The molecule has 0 spiro atoms. The van der Waals surface area contributed by atoms with Gasteiger partial charge in [0.05, 0.1) is 12.7 Å². The van der Waals surface area contributed by atoms with Crippen molar-refractivity contribution in [3.63, 3.8) is 0 Å². The van der Waals surface area contributed by atoms with Gasteiger partial charge in [-0.15, -0.1) is 0 Å². The molecule has 1 aliphatic carbocycles. The zero-order chi connectivity index (χ0) is 17.3. The highest BCUT2D eigenvalue weighted by atomic mass is 16.3. The summed E-state index contributed by atoms with van der Waals surface area (Å²) >= 11 is 0. The van der Waals surface area contributed by atoms with E-state index in [-0.39, 0.29) is 12.1 Å². The Bertz CT molecular complexity index is 716. The fourth-order valence-electron chi connectivity index (χ4n) is 3.25. The van der Waals surface area contributed by atoms with Gasteiger partial charge in [-0.1, -0.05) is 0 Å². The largest absolute Gasteiger partial charge is 0.464 e. The standard InChI is InChI=1S/C18H26N4O2/c1-12(2)22-17-9-15(7-6-14(17)10-19-22)20-18(23)21(4)11-16-8-5-13(3)24-16/h5,8,10,12,15H,6-7,9,11H2,1-4H3,(H,20,23). The van der Waals surface area contributed by atoms with Gasteiger partial charge in [-0.05, 0) is 51.3 Å². The van der Waals surface area contributed by atoms with Gasteiger partial charge in [0, 0.05) is 31.2 Å². The maximum atomic E-state index is 12.4. The first kappa shape index (κ1) is 16.6. The number of amides is 2. The Morgan fingerprint density at radius 3 is 2.96 bits per heavy atom. The van der Waals surface area contributed by atoms with E-state index in [1.165, 1.54) is 11.3 Å². The molecule has 1 unspecified atom stereocenters. The molecule has 0 fully saturated rings. The first-order valence-electron chi connectivity index (χ1n) is 8.56. The average Bonchev–Trinajstić information content (AvgIpc) is 3.12. The maximum Gasteiger partial charge on any atom is 0.317 e. The van der Waals surface area contributed by atoms with Crippen LogP contribution in [0.2, 0.25) is 0 Å². The van der Waals surface area contributed by atoms with Crippen LogP contribution < -0.4 is 5.32 Å². The molecule has 6 heteroatoms. The van der Waals surface area contributed by atoms with Gasteiger partial charge in [-0.2, -0.15) is 5.10 Å². The van der Waals surface area contributed by atoms with Crippen LogP contribution in [0.3, 0.4) is 0 Å². The van der Waals surface area contributed by atoms with Crippen molar-refractivity contribution in [2.24, 2.45) is 0 Å². The van der Waals surface area contributed by atoms with Gasteiger partial charge < -0.3 is 14.6 Å². The highest BCUT2D eigenvalue weighted by molar-refractivity contribution is 5.74. The summed E-state index contributed by atoms with van der Waals surface area (Å²) in [6.07, 6.45) is 4.73. The van der Waals surface area contributed by atoms with Gasteiger partial charge >= 0.3 is 6.03 Å². The molecule has 130 valence electrons. The number of urea groups is 1. The quantitative estimate of drug-likeness (QED) is 0.937. The summed E-state index contributed by atoms with van der Waals surface area (Å²) in [5, 5.41) is 7.63. The zero-order valence-electron chi connectivity index (χ0n) is 14.9. The predicted octanol–water partition coefficient (Wildman–Crippen LogP) is 3.06. The number of nitrogens with zero attached hydrogens (tertiary/aromatic N) is 3. The van der Waals surface area contributed by atoms with Crippen molar-refractivity contribution >= 4 is 6.03 Å². The second-order valence-electron chi connectivity index (χ2n) is 6.91. The molecular weight excluding hydrogens is 304 g/mol. The van der Waals surface area contributed by atoms with E-state index < -0.39 is 0 Å². The second kappa shape index (κ2) is 6.71. The van der Waals surface area contributed by atoms with E-state index in [9.17, 15) is 4.79 Å². The fourth-order valence-corrected chi connectivity index (χ4v) is 3.25. The molecule has 3 rings (SSSR count). The summed E-state index contributed by atoms with van der Waals surface area (Å²) in [4.78, 5) is 14.1. The van der Waals surface area contributed by atoms with Crippen LogP contribution in [0.4, 0.5) is 4.79 Å². The highest BCUT2D eigenvalue weighted by Gasteiger charge is 2.25. The van der Waals surface area contributed by atoms with Crippen molar-refractivity contribution in [2.75, 3.05) is 7.05 Å². The number of furan rings is 1. The van der Waals surface area contributed by atoms with Crippen LogP contribution in [0, 0.1) is 6.92 Å². The number of hydrogen-bond donors (Lipinski definition) is 1. The number of fused-ring (bicyclic) bond motifs is 1. The molecule has 0 aromatic carbocycles. The van der Waals surface area contributed by atoms with E-state index in [0.29, 0.717) is 12.6 Å². The van der Waals surface area contributed by atoms with Gasteiger partial charge in [-0.25, -0.2) is 4.79 Å². The minimum atomic E-state index is -0.0619. The van der Waals surface area contributed by atoms with Crippen molar-refractivity contribution < 1.29 is 9.21 Å². The second-order valence-corrected chi connectivity index (χ2v) is 6.91. The van der Waals surface area contributed by atoms with Crippen LogP contribution >= 0.6 is 0 Å². The number of hydrogen-bond acceptors (Lipinski definition) is 3. The van der Waals surface area contributed by atoms with Gasteiger partial charge in [0.25, 0.3) is 0 Å². The van der Waals surface area contributed by atoms with E-state index in [1.54, 1.807) is 11.9 Å². The van der Waals surface area contributed by atoms with Crippen molar-refractivity contribution in [1.29, 1.82) is 0 Å². The average molecular weight is 330 g/mol. The molecule has 0 saturated heterocycles. The molecule has 2 aromatic rings. The SMILES string of the molecule is Cc1ccc(CN(C)C(=O)NC2CCc3cnn(C(C)C)c3C2)o1. The molecule has 0 aliphatic heterocycles. The van der Waals surface area contributed by atoms with E-state index in [4.69, 9.17) is 4.42 Å². The van der Waals surface area contributed by atoms with Crippen molar-refractivity contribution in [2.45, 2.75) is 58.7 Å². The molecule has 1 aliphatic rings. The molecule has 2 amide bonds. The molecule has 1 N–H and O–H groups in total.